The van der Waals surface area contributed by atoms with Crippen molar-refractivity contribution >= 4 is 33.4 Å². The van der Waals surface area contributed by atoms with Gasteiger partial charge in [-0.05, 0) is 31.0 Å². The summed E-state index contributed by atoms with van der Waals surface area (Å²) in [5, 5.41) is 5.50. The number of rotatable bonds is 7. The third-order valence-corrected chi connectivity index (χ3v) is 3.55. The fourth-order valence-corrected chi connectivity index (χ4v) is 2.18. The molecule has 6 heteroatoms. The summed E-state index contributed by atoms with van der Waals surface area (Å²) in [6, 6.07) is 5.19. The van der Waals surface area contributed by atoms with Crippen molar-refractivity contribution in [2.45, 2.75) is 39.2 Å². The standard InChI is InChI=1S/C15H22BrN3O2/c1-3-4-12(17)15(21)18-8-7-14(20)19-13-9-11(16)6-5-10(13)2/h5-6,9,12H,3-4,7-8,17H2,1-2H3,(H,18,21)(H,19,20). The zero-order valence-electron chi connectivity index (χ0n) is 12.4. The van der Waals surface area contributed by atoms with E-state index in [1.165, 1.54) is 0 Å². The first-order chi connectivity index (χ1) is 9.93. The van der Waals surface area contributed by atoms with E-state index in [0.29, 0.717) is 6.42 Å². The van der Waals surface area contributed by atoms with Crippen LogP contribution in [0.1, 0.15) is 31.7 Å². The highest BCUT2D eigenvalue weighted by molar-refractivity contribution is 9.10. The van der Waals surface area contributed by atoms with Crippen molar-refractivity contribution in [2.24, 2.45) is 5.73 Å². The SMILES string of the molecule is CCCC(N)C(=O)NCCC(=O)Nc1cc(Br)ccc1C. The van der Waals surface area contributed by atoms with E-state index in [-0.39, 0.29) is 24.8 Å². The van der Waals surface area contributed by atoms with E-state index in [0.717, 1.165) is 22.1 Å². The van der Waals surface area contributed by atoms with Crippen LogP contribution in [0.15, 0.2) is 22.7 Å². The molecule has 2 amide bonds. The molecule has 0 aliphatic rings. The molecule has 0 spiro atoms. The van der Waals surface area contributed by atoms with Crippen molar-refractivity contribution in [2.75, 3.05) is 11.9 Å². The van der Waals surface area contributed by atoms with Gasteiger partial charge in [0.05, 0.1) is 6.04 Å². The number of anilines is 1. The minimum Gasteiger partial charge on any atom is -0.354 e. The molecule has 0 bridgehead atoms. The van der Waals surface area contributed by atoms with Gasteiger partial charge in [0.1, 0.15) is 0 Å². The number of halogens is 1. The number of nitrogens with two attached hydrogens (primary N) is 1. The lowest BCUT2D eigenvalue weighted by Crippen LogP contribution is -2.41. The van der Waals surface area contributed by atoms with Crippen LogP contribution in [0.2, 0.25) is 0 Å². The van der Waals surface area contributed by atoms with Crippen LogP contribution in [-0.2, 0) is 9.59 Å². The van der Waals surface area contributed by atoms with E-state index in [9.17, 15) is 9.59 Å². The van der Waals surface area contributed by atoms with Gasteiger partial charge in [-0.25, -0.2) is 0 Å². The van der Waals surface area contributed by atoms with Crippen LogP contribution in [-0.4, -0.2) is 24.4 Å². The molecular weight excluding hydrogens is 334 g/mol. The van der Waals surface area contributed by atoms with Gasteiger partial charge in [0.2, 0.25) is 11.8 Å². The second-order valence-corrected chi connectivity index (χ2v) is 5.86. The number of carbonyl (C=O) groups excluding carboxylic acids is 2. The lowest BCUT2D eigenvalue weighted by atomic mass is 10.1. The first-order valence-electron chi connectivity index (χ1n) is 7.03. The highest BCUT2D eigenvalue weighted by atomic mass is 79.9. The molecule has 0 aliphatic heterocycles. The smallest absolute Gasteiger partial charge is 0.236 e. The Morgan fingerprint density at radius 2 is 2.10 bits per heavy atom. The van der Waals surface area contributed by atoms with Gasteiger partial charge < -0.3 is 16.4 Å². The van der Waals surface area contributed by atoms with Gasteiger partial charge in [-0.15, -0.1) is 0 Å². The van der Waals surface area contributed by atoms with E-state index >= 15 is 0 Å². The van der Waals surface area contributed by atoms with E-state index in [1.54, 1.807) is 0 Å². The van der Waals surface area contributed by atoms with Crippen LogP contribution in [0.25, 0.3) is 0 Å². The Labute approximate surface area is 133 Å². The molecule has 1 unspecified atom stereocenters. The van der Waals surface area contributed by atoms with Gasteiger partial charge in [-0.2, -0.15) is 0 Å². The molecule has 0 fully saturated rings. The van der Waals surface area contributed by atoms with E-state index in [2.05, 4.69) is 26.6 Å². The molecule has 0 aliphatic carbocycles. The molecule has 21 heavy (non-hydrogen) atoms. The Morgan fingerprint density at radius 3 is 2.76 bits per heavy atom. The zero-order chi connectivity index (χ0) is 15.8. The van der Waals surface area contributed by atoms with Gasteiger partial charge in [-0.3, -0.25) is 9.59 Å². The largest absolute Gasteiger partial charge is 0.354 e. The van der Waals surface area contributed by atoms with Crippen LogP contribution in [0, 0.1) is 6.92 Å². The molecular formula is C15H22BrN3O2. The number of hydrogen-bond donors (Lipinski definition) is 3. The molecule has 0 heterocycles. The molecule has 1 aromatic carbocycles. The molecule has 0 aromatic heterocycles. The number of hydrogen-bond acceptors (Lipinski definition) is 3. The van der Waals surface area contributed by atoms with Gasteiger partial charge in [0.15, 0.2) is 0 Å². The summed E-state index contributed by atoms with van der Waals surface area (Å²) in [5.41, 5.74) is 7.44. The first kappa shape index (κ1) is 17.7. The van der Waals surface area contributed by atoms with Crippen LogP contribution in [0.5, 0.6) is 0 Å². The van der Waals surface area contributed by atoms with Crippen molar-refractivity contribution < 1.29 is 9.59 Å². The van der Waals surface area contributed by atoms with Crippen molar-refractivity contribution in [3.8, 4) is 0 Å². The van der Waals surface area contributed by atoms with Gasteiger partial charge in [0.25, 0.3) is 0 Å². The normalized spacial score (nSPS) is 11.8. The van der Waals surface area contributed by atoms with Crippen molar-refractivity contribution in [1.29, 1.82) is 0 Å². The summed E-state index contributed by atoms with van der Waals surface area (Å²) in [4.78, 5) is 23.4. The average molecular weight is 356 g/mol. The monoisotopic (exact) mass is 355 g/mol. The summed E-state index contributed by atoms with van der Waals surface area (Å²) >= 11 is 3.37. The molecule has 4 N–H and O–H groups in total. The maximum atomic E-state index is 11.8. The number of benzene rings is 1. The summed E-state index contributed by atoms with van der Waals surface area (Å²) in [5.74, 6) is -0.344. The van der Waals surface area contributed by atoms with Gasteiger partial charge in [-0.1, -0.05) is 35.3 Å². The van der Waals surface area contributed by atoms with Crippen LogP contribution >= 0.6 is 15.9 Å². The minimum atomic E-state index is -0.495. The maximum absolute atomic E-state index is 11.8. The second kappa shape index (κ2) is 8.79. The molecule has 0 saturated heterocycles. The fourth-order valence-electron chi connectivity index (χ4n) is 1.81. The maximum Gasteiger partial charge on any atom is 0.236 e. The third kappa shape index (κ3) is 6.27. The number of aryl methyl sites for hydroxylation is 1. The predicted molar refractivity (Wildman–Crippen MR) is 88.0 cm³/mol. The second-order valence-electron chi connectivity index (χ2n) is 4.94. The van der Waals surface area contributed by atoms with Crippen molar-refractivity contribution in [3.63, 3.8) is 0 Å². The van der Waals surface area contributed by atoms with Crippen LogP contribution in [0.3, 0.4) is 0 Å². The number of amides is 2. The molecule has 1 aromatic rings. The molecule has 5 nitrogen and oxygen atoms in total. The summed E-state index contributed by atoms with van der Waals surface area (Å²) < 4.78 is 0.905. The van der Waals surface area contributed by atoms with E-state index in [4.69, 9.17) is 5.73 Å². The zero-order valence-corrected chi connectivity index (χ0v) is 14.0. The topological polar surface area (TPSA) is 84.2 Å². The Bertz CT molecular complexity index is 506. The Kier molecular flexibility index (Phi) is 7.39. The Hall–Kier alpha value is -1.40. The molecule has 116 valence electrons. The van der Waals surface area contributed by atoms with E-state index < -0.39 is 6.04 Å². The minimum absolute atomic E-state index is 0.138. The van der Waals surface area contributed by atoms with Gasteiger partial charge >= 0.3 is 0 Å². The van der Waals surface area contributed by atoms with Gasteiger partial charge in [0, 0.05) is 23.1 Å². The van der Waals surface area contributed by atoms with Crippen molar-refractivity contribution in [1.82, 2.24) is 5.32 Å². The molecule has 0 radical (unpaired) electrons. The molecule has 1 atom stereocenters. The van der Waals surface area contributed by atoms with E-state index in [1.807, 2.05) is 32.0 Å². The highest BCUT2D eigenvalue weighted by Gasteiger charge is 2.12. The quantitative estimate of drug-likeness (QED) is 0.701. The highest BCUT2D eigenvalue weighted by Crippen LogP contribution is 2.20. The first-order valence-corrected chi connectivity index (χ1v) is 7.82. The predicted octanol–water partition coefficient (Wildman–Crippen LogP) is 2.33. The van der Waals surface area contributed by atoms with Crippen molar-refractivity contribution in [3.05, 3.63) is 28.2 Å². The number of nitrogens with one attached hydrogen (secondary N) is 2. The Balaban J connectivity index is 2.38. The number of carbonyl (C=O) groups is 2. The fraction of sp³-hybridized carbons (Fsp3) is 0.467. The van der Waals surface area contributed by atoms with Crippen LogP contribution < -0.4 is 16.4 Å². The Morgan fingerprint density at radius 1 is 1.38 bits per heavy atom. The summed E-state index contributed by atoms with van der Waals surface area (Å²) in [7, 11) is 0. The molecule has 1 rings (SSSR count). The summed E-state index contributed by atoms with van der Waals surface area (Å²) in [6.45, 7) is 4.18. The van der Waals surface area contributed by atoms with Crippen LogP contribution in [0.4, 0.5) is 5.69 Å². The summed E-state index contributed by atoms with van der Waals surface area (Å²) in [6.07, 6.45) is 1.73. The lowest BCUT2D eigenvalue weighted by molar-refractivity contribution is -0.122. The molecule has 0 saturated carbocycles. The average Bonchev–Trinajstić information content (AvgIpc) is 2.43. The third-order valence-electron chi connectivity index (χ3n) is 3.06. The lowest BCUT2D eigenvalue weighted by Gasteiger charge is -2.12.